The van der Waals surface area contributed by atoms with Crippen LogP contribution >= 0.6 is 22.7 Å². The van der Waals surface area contributed by atoms with Gasteiger partial charge in [0.25, 0.3) is 0 Å². The van der Waals surface area contributed by atoms with Gasteiger partial charge in [-0.25, -0.2) is 23.4 Å². The summed E-state index contributed by atoms with van der Waals surface area (Å²) in [5.74, 6) is 0.596. The van der Waals surface area contributed by atoms with Crippen molar-refractivity contribution in [3.8, 4) is 28.4 Å². The van der Waals surface area contributed by atoms with Gasteiger partial charge in [-0.05, 0) is 42.5 Å². The number of hydrogen-bond acceptors (Lipinski definition) is 9. The summed E-state index contributed by atoms with van der Waals surface area (Å²) in [5, 5.41) is 18.8. The van der Waals surface area contributed by atoms with Crippen LogP contribution in [0.4, 0.5) is 5.95 Å². The topological polar surface area (TPSA) is 113 Å². The lowest BCUT2D eigenvalue weighted by Crippen LogP contribution is -2.45. The van der Waals surface area contributed by atoms with Gasteiger partial charge in [-0.1, -0.05) is 12.1 Å². The van der Waals surface area contributed by atoms with Crippen molar-refractivity contribution in [2.75, 3.05) is 18.4 Å². The zero-order chi connectivity index (χ0) is 24.7. The molecule has 1 aliphatic heterocycles. The number of sulfonamides is 1. The third-order valence-electron chi connectivity index (χ3n) is 6.13. The van der Waals surface area contributed by atoms with Crippen molar-refractivity contribution in [3.63, 3.8) is 0 Å². The molecule has 2 N–H and O–H groups in total. The Balaban J connectivity index is 1.30. The van der Waals surface area contributed by atoms with E-state index in [4.69, 9.17) is 9.97 Å². The van der Waals surface area contributed by atoms with E-state index >= 15 is 0 Å². The Morgan fingerprint density at radius 3 is 2.89 bits per heavy atom. The summed E-state index contributed by atoms with van der Waals surface area (Å²) in [6.45, 7) is 0.846. The lowest BCUT2D eigenvalue weighted by molar-refractivity contribution is 0.326. The minimum Gasteiger partial charge on any atom is -0.508 e. The van der Waals surface area contributed by atoms with Crippen molar-refractivity contribution in [2.45, 2.75) is 23.8 Å². The highest BCUT2D eigenvalue weighted by Crippen LogP contribution is 2.35. The van der Waals surface area contributed by atoms with Gasteiger partial charge >= 0.3 is 0 Å². The predicted molar refractivity (Wildman–Crippen MR) is 141 cm³/mol. The molecule has 0 amide bonds. The first-order valence-corrected chi connectivity index (χ1v) is 14.6. The molecule has 1 aliphatic rings. The minimum absolute atomic E-state index is 0.112. The molecule has 6 rings (SSSR count). The number of imidazole rings is 1. The number of aromatic nitrogens is 4. The minimum atomic E-state index is -3.51. The number of piperidine rings is 1. The first kappa shape index (κ1) is 23.1. The van der Waals surface area contributed by atoms with E-state index in [1.165, 1.54) is 27.0 Å². The maximum atomic E-state index is 13.0. The largest absolute Gasteiger partial charge is 0.508 e. The predicted octanol–water partition coefficient (Wildman–Crippen LogP) is 4.55. The molecule has 0 unspecified atom stereocenters. The Kier molecular flexibility index (Phi) is 5.96. The third kappa shape index (κ3) is 4.26. The zero-order valence-electron chi connectivity index (χ0n) is 19.0. The van der Waals surface area contributed by atoms with Gasteiger partial charge in [0.15, 0.2) is 4.96 Å². The molecule has 1 fully saturated rings. The van der Waals surface area contributed by atoms with E-state index in [0.717, 1.165) is 29.1 Å². The molecule has 5 aromatic rings. The number of nitrogens with zero attached hydrogens (tertiary/aromatic N) is 5. The number of phenols is 1. The lowest BCUT2D eigenvalue weighted by atomic mass is 10.1. The van der Waals surface area contributed by atoms with Crippen molar-refractivity contribution in [1.29, 1.82) is 0 Å². The van der Waals surface area contributed by atoms with Crippen LogP contribution in [-0.2, 0) is 10.0 Å². The van der Waals surface area contributed by atoms with Crippen molar-refractivity contribution in [1.82, 2.24) is 23.7 Å². The Labute approximate surface area is 215 Å². The van der Waals surface area contributed by atoms with E-state index in [2.05, 4.69) is 10.3 Å². The first-order chi connectivity index (χ1) is 17.5. The van der Waals surface area contributed by atoms with Crippen LogP contribution in [0.1, 0.15) is 12.8 Å². The number of nitrogens with one attached hydrogen (secondary N) is 1. The molecular formula is C24H22N6O3S3. The van der Waals surface area contributed by atoms with Crippen LogP contribution in [-0.4, -0.2) is 56.3 Å². The molecule has 0 radical (unpaired) electrons. The van der Waals surface area contributed by atoms with Gasteiger partial charge in [0.1, 0.15) is 11.4 Å². The summed E-state index contributed by atoms with van der Waals surface area (Å²) in [6, 6.07) is 10.4. The van der Waals surface area contributed by atoms with E-state index < -0.39 is 10.0 Å². The van der Waals surface area contributed by atoms with Gasteiger partial charge in [-0.3, -0.25) is 4.40 Å². The Morgan fingerprint density at radius 2 is 2.06 bits per heavy atom. The molecule has 0 saturated carbocycles. The highest BCUT2D eigenvalue weighted by atomic mass is 32.2. The fourth-order valence-electron chi connectivity index (χ4n) is 4.45. The van der Waals surface area contributed by atoms with E-state index in [1.54, 1.807) is 41.2 Å². The number of thiazole rings is 1. The van der Waals surface area contributed by atoms with E-state index in [-0.39, 0.29) is 11.8 Å². The van der Waals surface area contributed by atoms with E-state index in [1.807, 2.05) is 28.1 Å². The Morgan fingerprint density at radius 1 is 1.14 bits per heavy atom. The van der Waals surface area contributed by atoms with Crippen molar-refractivity contribution in [2.24, 2.45) is 0 Å². The fraction of sp³-hybridized carbons (Fsp3) is 0.208. The van der Waals surface area contributed by atoms with Gasteiger partial charge in [0.2, 0.25) is 16.0 Å². The van der Waals surface area contributed by atoms with Crippen LogP contribution in [0.2, 0.25) is 0 Å². The van der Waals surface area contributed by atoms with Gasteiger partial charge in [-0.2, -0.15) is 15.6 Å². The molecule has 12 heteroatoms. The Hall–Kier alpha value is -3.32. The van der Waals surface area contributed by atoms with Crippen LogP contribution in [0.25, 0.3) is 27.6 Å². The normalized spacial score (nSPS) is 16.9. The molecule has 9 nitrogen and oxygen atoms in total. The second-order valence-electron chi connectivity index (χ2n) is 8.49. The molecule has 0 aliphatic carbocycles. The maximum Gasteiger partial charge on any atom is 0.243 e. The maximum absolute atomic E-state index is 13.0. The number of fused-ring (bicyclic) bond motifs is 1. The average Bonchev–Trinajstić information content (AvgIpc) is 3.62. The SMILES string of the molecule is O=S(=O)(c1ccsc1)N1CCC[C@@H](Nc2nccc(-c3c(-c4cccc(O)c4)nc4sccn34)n2)C1. The summed E-state index contributed by atoms with van der Waals surface area (Å²) in [4.78, 5) is 15.1. The number of aromatic hydroxyl groups is 1. The van der Waals surface area contributed by atoms with Gasteiger partial charge < -0.3 is 10.4 Å². The number of rotatable bonds is 6. The molecule has 5 heterocycles. The van der Waals surface area contributed by atoms with Crippen molar-refractivity contribution >= 4 is 43.6 Å². The van der Waals surface area contributed by atoms with Crippen LogP contribution < -0.4 is 5.32 Å². The summed E-state index contributed by atoms with van der Waals surface area (Å²) in [7, 11) is -3.51. The molecule has 0 bridgehead atoms. The van der Waals surface area contributed by atoms with Gasteiger partial charge in [-0.15, -0.1) is 11.3 Å². The number of thiophene rings is 1. The number of benzene rings is 1. The highest BCUT2D eigenvalue weighted by molar-refractivity contribution is 7.89. The summed E-state index contributed by atoms with van der Waals surface area (Å²) in [5.41, 5.74) is 2.98. The van der Waals surface area contributed by atoms with Crippen LogP contribution in [0.15, 0.2) is 69.8 Å². The van der Waals surface area contributed by atoms with Gasteiger partial charge in [0.05, 0.1) is 16.3 Å². The summed E-state index contributed by atoms with van der Waals surface area (Å²) >= 11 is 2.89. The summed E-state index contributed by atoms with van der Waals surface area (Å²) < 4.78 is 29.5. The molecule has 1 atom stereocenters. The average molecular weight is 539 g/mol. The monoisotopic (exact) mass is 538 g/mol. The molecule has 4 aromatic heterocycles. The Bertz CT molecular complexity index is 1630. The van der Waals surface area contributed by atoms with Crippen LogP contribution in [0.3, 0.4) is 0 Å². The van der Waals surface area contributed by atoms with Crippen molar-refractivity contribution in [3.05, 3.63) is 64.9 Å². The smallest absolute Gasteiger partial charge is 0.243 e. The zero-order valence-corrected chi connectivity index (χ0v) is 21.4. The molecule has 36 heavy (non-hydrogen) atoms. The van der Waals surface area contributed by atoms with Crippen LogP contribution in [0, 0.1) is 0 Å². The fourth-order valence-corrected chi connectivity index (χ4v) is 7.71. The third-order valence-corrected chi connectivity index (χ3v) is 9.58. The van der Waals surface area contributed by atoms with Crippen molar-refractivity contribution < 1.29 is 13.5 Å². The molecule has 184 valence electrons. The molecule has 1 aromatic carbocycles. The highest BCUT2D eigenvalue weighted by Gasteiger charge is 2.31. The summed E-state index contributed by atoms with van der Waals surface area (Å²) in [6.07, 6.45) is 5.20. The standard InChI is InChI=1S/C24H22N6O3S3/c31-18-5-1-3-16(13-18)21-22(30-10-12-35-24(30)28-21)20-6-8-25-23(27-20)26-17-4-2-9-29(14-17)36(32,33)19-7-11-34-15-19/h1,3,5-8,10-13,15,17,31H,2,4,9,14H2,(H,25,26,27)/t17-/m1/s1. The second kappa shape index (κ2) is 9.28. The van der Waals surface area contributed by atoms with E-state index in [0.29, 0.717) is 35.3 Å². The van der Waals surface area contributed by atoms with E-state index in [9.17, 15) is 13.5 Å². The quantitative estimate of drug-likeness (QED) is 0.326. The number of phenolic OH excluding ortho intramolecular Hbond substituents is 1. The number of hydrogen-bond donors (Lipinski definition) is 2. The number of anilines is 1. The first-order valence-electron chi connectivity index (χ1n) is 11.4. The molecular weight excluding hydrogens is 517 g/mol. The molecule has 1 saturated heterocycles. The van der Waals surface area contributed by atoms with Gasteiger partial charge in [0, 0.05) is 47.8 Å². The van der Waals surface area contributed by atoms with Crippen LogP contribution in [0.5, 0.6) is 5.75 Å². The molecule has 0 spiro atoms. The lowest BCUT2D eigenvalue weighted by Gasteiger charge is -2.32. The second-order valence-corrected chi connectivity index (χ2v) is 12.1.